The summed E-state index contributed by atoms with van der Waals surface area (Å²) >= 11 is 0. The van der Waals surface area contributed by atoms with Gasteiger partial charge in [-0.05, 0) is 103 Å². The molecule has 0 aliphatic carbocycles. The maximum absolute atomic E-state index is 12.9. The summed E-state index contributed by atoms with van der Waals surface area (Å²) in [5, 5.41) is 0. The molecule has 0 unspecified atom stereocenters. The largest absolute Gasteiger partial charge is 0.462 e. The van der Waals surface area contributed by atoms with Crippen molar-refractivity contribution in [3.63, 3.8) is 0 Å². The zero-order valence-corrected chi connectivity index (χ0v) is 50.4. The molecule has 0 fully saturated rings. The van der Waals surface area contributed by atoms with Crippen molar-refractivity contribution in [1.82, 2.24) is 0 Å². The highest BCUT2D eigenvalue weighted by molar-refractivity contribution is 5.71. The number of esters is 3. The summed E-state index contributed by atoms with van der Waals surface area (Å²) < 4.78 is 16.8. The average Bonchev–Trinajstić information content (AvgIpc) is 3.43. The van der Waals surface area contributed by atoms with E-state index < -0.39 is 6.10 Å². The molecular weight excluding hydrogens is 949 g/mol. The van der Waals surface area contributed by atoms with Crippen LogP contribution in [-0.4, -0.2) is 37.2 Å². The second-order valence-corrected chi connectivity index (χ2v) is 21.3. The topological polar surface area (TPSA) is 78.9 Å². The number of carbonyl (C=O) groups is 3. The van der Waals surface area contributed by atoms with Gasteiger partial charge in [0, 0.05) is 19.3 Å². The fourth-order valence-electron chi connectivity index (χ4n) is 8.88. The molecule has 0 bridgehead atoms. The Labute approximate surface area is 476 Å². The molecule has 0 spiro atoms. The number of hydrogen-bond donors (Lipinski definition) is 0. The van der Waals surface area contributed by atoms with Gasteiger partial charge in [-0.1, -0.05) is 291 Å². The van der Waals surface area contributed by atoms with E-state index in [0.717, 1.165) is 89.9 Å². The second kappa shape index (κ2) is 64.6. The van der Waals surface area contributed by atoms with E-state index in [9.17, 15) is 14.4 Å². The van der Waals surface area contributed by atoms with Crippen molar-refractivity contribution < 1.29 is 28.6 Å². The predicted molar refractivity (Wildman–Crippen MR) is 334 cm³/mol. The first-order valence-electron chi connectivity index (χ1n) is 32.4. The Kier molecular flexibility index (Phi) is 61.3. The van der Waals surface area contributed by atoms with Crippen LogP contribution in [0.5, 0.6) is 0 Å². The van der Waals surface area contributed by atoms with Crippen LogP contribution in [0.3, 0.4) is 0 Å². The molecule has 0 aromatic rings. The first-order chi connectivity index (χ1) is 38.0. The van der Waals surface area contributed by atoms with Gasteiger partial charge in [-0.15, -0.1) is 0 Å². The smallest absolute Gasteiger partial charge is 0.306 e. The summed E-state index contributed by atoms with van der Waals surface area (Å²) in [5.74, 6) is -1.02. The zero-order valence-electron chi connectivity index (χ0n) is 50.4. The molecule has 0 aliphatic heterocycles. The molecule has 0 rings (SSSR count). The minimum absolute atomic E-state index is 0.117. The van der Waals surface area contributed by atoms with Crippen molar-refractivity contribution in [1.29, 1.82) is 0 Å². The number of allylic oxidation sites excluding steroid dienone is 18. The summed E-state index contributed by atoms with van der Waals surface area (Å²) in [4.78, 5) is 38.3. The highest BCUT2D eigenvalue weighted by Crippen LogP contribution is 2.16. The van der Waals surface area contributed by atoms with E-state index in [1.165, 1.54) is 167 Å². The lowest BCUT2D eigenvalue weighted by atomic mass is 10.0. The monoisotopic (exact) mass is 1070 g/mol. The van der Waals surface area contributed by atoms with Gasteiger partial charge in [0.25, 0.3) is 0 Å². The maximum atomic E-state index is 12.9. The van der Waals surface area contributed by atoms with E-state index in [1.807, 2.05) is 6.08 Å². The molecule has 0 saturated heterocycles. The van der Waals surface area contributed by atoms with Gasteiger partial charge >= 0.3 is 17.9 Å². The zero-order chi connectivity index (χ0) is 55.7. The number of unbranched alkanes of at least 4 members (excludes halogenated alkanes) is 29. The predicted octanol–water partition coefficient (Wildman–Crippen LogP) is 22.2. The minimum atomic E-state index is -0.823. The third-order valence-corrected chi connectivity index (χ3v) is 13.8. The molecule has 0 aromatic heterocycles. The molecule has 77 heavy (non-hydrogen) atoms. The number of ether oxygens (including phenoxy) is 3. The standard InChI is InChI=1S/C71H120O6/c1-4-7-10-13-16-19-22-25-28-31-34-35-38-41-44-47-50-53-56-59-62-65-71(74)77-68(66-75-69(72)63-60-57-54-51-48-45-42-39-36-32-29-26-23-20-17-14-11-8-5-2)67-76-70(73)64-61-58-55-52-49-46-43-40-37-33-30-27-24-21-18-15-12-9-6-3/h17-18,20-21,26-27,29-30,36-37,39-40,45-46,48-49,54,57,68H,4-16,19,22-25,28,31-35,38,41-44,47,50-53,55-56,58-67H2,1-3H3/b20-17-,21-18-,29-26-,30-27-,39-36-,40-37-,48-45-,49-46-,57-54-/t68-/m1/s1. The summed E-state index contributed by atoms with van der Waals surface area (Å²) in [6.45, 7) is 6.52. The first-order valence-corrected chi connectivity index (χ1v) is 32.4. The third-order valence-electron chi connectivity index (χ3n) is 13.8. The Morgan fingerprint density at radius 2 is 0.494 bits per heavy atom. The van der Waals surface area contributed by atoms with Crippen molar-refractivity contribution in [2.24, 2.45) is 0 Å². The van der Waals surface area contributed by atoms with Gasteiger partial charge in [0.15, 0.2) is 6.10 Å². The van der Waals surface area contributed by atoms with E-state index in [1.54, 1.807) is 0 Å². The van der Waals surface area contributed by atoms with Gasteiger partial charge < -0.3 is 14.2 Å². The first kappa shape index (κ1) is 73.1. The molecule has 0 N–H and O–H groups in total. The molecule has 0 saturated carbocycles. The average molecular weight is 1070 g/mol. The molecule has 440 valence electrons. The lowest BCUT2D eigenvalue weighted by Crippen LogP contribution is -2.30. The molecule has 0 radical (unpaired) electrons. The number of hydrogen-bond acceptors (Lipinski definition) is 6. The fraction of sp³-hybridized carbons (Fsp3) is 0.704. The van der Waals surface area contributed by atoms with Crippen molar-refractivity contribution in [2.75, 3.05) is 13.2 Å². The van der Waals surface area contributed by atoms with E-state index in [4.69, 9.17) is 14.2 Å². The van der Waals surface area contributed by atoms with E-state index in [0.29, 0.717) is 19.3 Å². The van der Waals surface area contributed by atoms with Crippen LogP contribution in [0.2, 0.25) is 0 Å². The quantitative estimate of drug-likeness (QED) is 0.0261. The van der Waals surface area contributed by atoms with Crippen LogP contribution in [0.25, 0.3) is 0 Å². The van der Waals surface area contributed by atoms with E-state index in [2.05, 4.69) is 124 Å². The lowest BCUT2D eigenvalue weighted by molar-refractivity contribution is -0.166. The Morgan fingerprint density at radius 3 is 0.831 bits per heavy atom. The van der Waals surface area contributed by atoms with Crippen LogP contribution in [0.4, 0.5) is 0 Å². The molecule has 0 heterocycles. The van der Waals surface area contributed by atoms with Crippen LogP contribution in [0.15, 0.2) is 109 Å². The van der Waals surface area contributed by atoms with Crippen LogP contribution >= 0.6 is 0 Å². The van der Waals surface area contributed by atoms with Crippen molar-refractivity contribution in [2.45, 2.75) is 309 Å². The normalized spacial score (nSPS) is 12.8. The van der Waals surface area contributed by atoms with Crippen LogP contribution in [0, 0.1) is 0 Å². The number of carbonyl (C=O) groups excluding carboxylic acids is 3. The molecule has 1 atom stereocenters. The minimum Gasteiger partial charge on any atom is -0.462 e. The molecular formula is C71H120O6. The van der Waals surface area contributed by atoms with Crippen molar-refractivity contribution >= 4 is 17.9 Å². The molecule has 0 aliphatic rings. The van der Waals surface area contributed by atoms with Gasteiger partial charge in [-0.25, -0.2) is 0 Å². The molecule has 6 nitrogen and oxygen atoms in total. The van der Waals surface area contributed by atoms with Gasteiger partial charge in [-0.3, -0.25) is 14.4 Å². The molecule has 0 aromatic carbocycles. The van der Waals surface area contributed by atoms with Crippen molar-refractivity contribution in [3.8, 4) is 0 Å². The third kappa shape index (κ3) is 62.8. The van der Waals surface area contributed by atoms with Crippen LogP contribution < -0.4 is 0 Å². The highest BCUT2D eigenvalue weighted by Gasteiger charge is 2.19. The van der Waals surface area contributed by atoms with E-state index >= 15 is 0 Å². The van der Waals surface area contributed by atoms with Gasteiger partial charge in [-0.2, -0.15) is 0 Å². The SMILES string of the molecule is CCCCC/C=C\C/C=C\C/C=C\C/C=C\C/C=C\CCC(=O)OC[C@H](COC(=O)CCCCC/C=C\C/C=C\C/C=C\C/C=C\CCCCC)OC(=O)CCCCCCCCCCCCCCCCCCCCCCC. The van der Waals surface area contributed by atoms with E-state index in [-0.39, 0.29) is 37.5 Å². The summed E-state index contributed by atoms with van der Waals surface area (Å²) in [6.07, 6.45) is 88.2. The van der Waals surface area contributed by atoms with Crippen molar-refractivity contribution in [3.05, 3.63) is 109 Å². The Hall–Kier alpha value is -3.93. The summed E-state index contributed by atoms with van der Waals surface area (Å²) in [5.41, 5.74) is 0. The van der Waals surface area contributed by atoms with Crippen LogP contribution in [-0.2, 0) is 28.6 Å². The number of rotatable bonds is 58. The second-order valence-electron chi connectivity index (χ2n) is 21.3. The van der Waals surface area contributed by atoms with Gasteiger partial charge in [0.1, 0.15) is 13.2 Å². The fourth-order valence-corrected chi connectivity index (χ4v) is 8.88. The maximum Gasteiger partial charge on any atom is 0.306 e. The highest BCUT2D eigenvalue weighted by atomic mass is 16.6. The van der Waals surface area contributed by atoms with Gasteiger partial charge in [0.2, 0.25) is 0 Å². The summed E-state index contributed by atoms with van der Waals surface area (Å²) in [6, 6.07) is 0. The Balaban J connectivity index is 4.52. The Bertz CT molecular complexity index is 1560. The molecule has 0 amide bonds. The lowest BCUT2D eigenvalue weighted by Gasteiger charge is -2.18. The van der Waals surface area contributed by atoms with Crippen LogP contribution in [0.1, 0.15) is 303 Å². The molecule has 6 heteroatoms. The summed E-state index contributed by atoms with van der Waals surface area (Å²) in [7, 11) is 0. The van der Waals surface area contributed by atoms with Gasteiger partial charge in [0.05, 0.1) is 0 Å². The Morgan fingerprint density at radius 1 is 0.260 bits per heavy atom.